The van der Waals surface area contributed by atoms with Gasteiger partial charge < -0.3 is 20.1 Å². The number of aliphatic imine (C=N–C) groups is 1. The first-order chi connectivity index (χ1) is 17.5. The van der Waals surface area contributed by atoms with Gasteiger partial charge in [-0.25, -0.2) is 0 Å². The molecule has 2 N–H and O–H groups in total. The van der Waals surface area contributed by atoms with E-state index in [1.807, 2.05) is 68.4 Å². The molecular formula is C30H35N3O3. The van der Waals surface area contributed by atoms with E-state index >= 15 is 0 Å². The zero-order chi connectivity index (χ0) is 25.5. The first kappa shape index (κ1) is 25.5. The summed E-state index contributed by atoms with van der Waals surface area (Å²) in [5.74, 6) is 1.18. The first-order valence-electron chi connectivity index (χ1n) is 12.7. The molecule has 0 saturated heterocycles. The third kappa shape index (κ3) is 5.94. The van der Waals surface area contributed by atoms with Gasteiger partial charge in [0.25, 0.3) is 0 Å². The van der Waals surface area contributed by atoms with Gasteiger partial charge in [0.1, 0.15) is 5.92 Å². The second kappa shape index (κ2) is 11.9. The van der Waals surface area contributed by atoms with E-state index in [1.54, 1.807) is 0 Å². The van der Waals surface area contributed by atoms with Crippen molar-refractivity contribution in [2.75, 3.05) is 25.1 Å². The molecule has 0 fully saturated rings. The molecule has 3 aromatic carbocycles. The fourth-order valence-corrected chi connectivity index (χ4v) is 4.31. The van der Waals surface area contributed by atoms with Crippen LogP contribution in [0.25, 0.3) is 0 Å². The van der Waals surface area contributed by atoms with Gasteiger partial charge in [-0.3, -0.25) is 9.79 Å². The second-order valence-corrected chi connectivity index (χ2v) is 9.23. The maximum atomic E-state index is 13.3. The van der Waals surface area contributed by atoms with Crippen LogP contribution in [0.2, 0.25) is 0 Å². The number of anilines is 1. The van der Waals surface area contributed by atoms with E-state index in [4.69, 9.17) is 14.5 Å². The van der Waals surface area contributed by atoms with E-state index in [0.717, 1.165) is 35.6 Å². The van der Waals surface area contributed by atoms with E-state index in [2.05, 4.69) is 36.6 Å². The maximum absolute atomic E-state index is 13.3. The number of fused-ring (bicyclic) bond motifs is 1. The first-order valence-corrected chi connectivity index (χ1v) is 12.7. The fourth-order valence-electron chi connectivity index (χ4n) is 4.31. The topological polar surface area (TPSA) is 72.0 Å². The van der Waals surface area contributed by atoms with Crippen LogP contribution in [-0.2, 0) is 11.3 Å². The molecule has 1 unspecified atom stereocenters. The lowest BCUT2D eigenvalue weighted by molar-refractivity contribution is -0.115. The molecule has 0 radical (unpaired) electrons. The summed E-state index contributed by atoms with van der Waals surface area (Å²) < 4.78 is 11.6. The van der Waals surface area contributed by atoms with Crippen molar-refractivity contribution in [3.8, 4) is 11.5 Å². The van der Waals surface area contributed by atoms with Crippen LogP contribution >= 0.6 is 0 Å². The molecule has 1 aliphatic heterocycles. The summed E-state index contributed by atoms with van der Waals surface area (Å²) in [7, 11) is 0. The van der Waals surface area contributed by atoms with Gasteiger partial charge in [-0.15, -0.1) is 0 Å². The lowest BCUT2D eigenvalue weighted by Gasteiger charge is -2.16. The Morgan fingerprint density at radius 2 is 1.64 bits per heavy atom. The van der Waals surface area contributed by atoms with Gasteiger partial charge >= 0.3 is 0 Å². The normalized spacial score (nSPS) is 15.1. The lowest BCUT2D eigenvalue weighted by Crippen LogP contribution is -2.22. The number of hydrogen-bond acceptors (Lipinski definition) is 5. The Morgan fingerprint density at radius 1 is 0.972 bits per heavy atom. The average Bonchev–Trinajstić information content (AvgIpc) is 3.18. The van der Waals surface area contributed by atoms with Crippen molar-refractivity contribution >= 4 is 23.0 Å². The number of carbonyl (C=O) groups is 1. The Balaban J connectivity index is 1.72. The third-order valence-electron chi connectivity index (χ3n) is 5.96. The predicted molar refractivity (Wildman–Crippen MR) is 146 cm³/mol. The summed E-state index contributed by atoms with van der Waals surface area (Å²) in [6, 6.07) is 21.8. The largest absolute Gasteiger partial charge is 0.490 e. The van der Waals surface area contributed by atoms with Gasteiger partial charge in [0.2, 0.25) is 5.91 Å². The Hall–Kier alpha value is -3.64. The molecule has 6 heteroatoms. The highest BCUT2D eigenvalue weighted by molar-refractivity contribution is 6.24. The smallest absolute Gasteiger partial charge is 0.238 e. The van der Waals surface area contributed by atoms with Gasteiger partial charge in [-0.1, -0.05) is 56.3 Å². The Bertz CT molecular complexity index is 1200. The molecule has 1 amide bonds. The van der Waals surface area contributed by atoms with Crippen molar-refractivity contribution in [3.63, 3.8) is 0 Å². The molecule has 0 bridgehead atoms. The zero-order valence-corrected chi connectivity index (χ0v) is 21.5. The summed E-state index contributed by atoms with van der Waals surface area (Å²) >= 11 is 0. The van der Waals surface area contributed by atoms with Crippen molar-refractivity contribution in [3.05, 3.63) is 83.4 Å². The van der Waals surface area contributed by atoms with Crippen LogP contribution in [0.3, 0.4) is 0 Å². The van der Waals surface area contributed by atoms with Crippen molar-refractivity contribution in [1.29, 1.82) is 0 Å². The van der Waals surface area contributed by atoms with E-state index in [9.17, 15) is 4.79 Å². The molecule has 3 aromatic rings. The summed E-state index contributed by atoms with van der Waals surface area (Å²) in [6.45, 7) is 11.1. The van der Waals surface area contributed by atoms with Crippen LogP contribution in [-0.4, -0.2) is 31.4 Å². The van der Waals surface area contributed by atoms with Crippen LogP contribution < -0.4 is 20.1 Å². The summed E-state index contributed by atoms with van der Waals surface area (Å²) in [5, 5.41) is 6.50. The number of nitrogens with one attached hydrogen (secondary N) is 2. The minimum absolute atomic E-state index is 0.113. The molecule has 36 heavy (non-hydrogen) atoms. The summed E-state index contributed by atoms with van der Waals surface area (Å²) in [5.41, 5.74) is 5.17. The molecule has 0 spiro atoms. The minimum atomic E-state index is -0.565. The highest BCUT2D eigenvalue weighted by atomic mass is 16.5. The maximum Gasteiger partial charge on any atom is 0.238 e. The Kier molecular flexibility index (Phi) is 8.39. The molecule has 6 nitrogen and oxygen atoms in total. The number of nitrogens with zero attached hydrogens (tertiary/aromatic N) is 1. The number of ether oxygens (including phenoxy) is 2. The molecule has 1 atom stereocenters. The van der Waals surface area contributed by atoms with Gasteiger partial charge in [0.05, 0.1) is 24.6 Å². The molecule has 0 aliphatic carbocycles. The molecule has 188 valence electrons. The van der Waals surface area contributed by atoms with Crippen molar-refractivity contribution in [2.24, 2.45) is 10.9 Å². The van der Waals surface area contributed by atoms with Crippen LogP contribution in [0.5, 0.6) is 11.5 Å². The molecule has 1 heterocycles. The minimum Gasteiger partial charge on any atom is -0.490 e. The predicted octanol–water partition coefficient (Wildman–Crippen LogP) is 6.09. The van der Waals surface area contributed by atoms with Gasteiger partial charge in [0, 0.05) is 18.3 Å². The number of rotatable bonds is 11. The van der Waals surface area contributed by atoms with Crippen LogP contribution in [0.1, 0.15) is 50.3 Å². The van der Waals surface area contributed by atoms with Gasteiger partial charge in [0.15, 0.2) is 11.5 Å². The highest BCUT2D eigenvalue weighted by Gasteiger charge is 2.36. The standard InChI is InChI=1S/C30H35N3O3/c1-5-35-26-16-24-25(17-27(26)36-6-2)33-30(34)28(24)29(22-10-8-7-9-11-22)32-23-14-12-21(13-15-23)19-31-18-20(3)4/h7-17,20,28,31H,5-6,18-19H2,1-4H3,(H,33,34). The van der Waals surface area contributed by atoms with E-state index in [0.29, 0.717) is 36.3 Å². The van der Waals surface area contributed by atoms with Crippen molar-refractivity contribution < 1.29 is 14.3 Å². The Labute approximate surface area is 213 Å². The summed E-state index contributed by atoms with van der Waals surface area (Å²) in [6.07, 6.45) is 0. The van der Waals surface area contributed by atoms with E-state index in [-0.39, 0.29) is 5.91 Å². The lowest BCUT2D eigenvalue weighted by atomic mass is 9.90. The third-order valence-corrected chi connectivity index (χ3v) is 5.96. The molecule has 0 saturated carbocycles. The van der Waals surface area contributed by atoms with E-state index in [1.165, 1.54) is 5.56 Å². The van der Waals surface area contributed by atoms with Crippen LogP contribution in [0, 0.1) is 5.92 Å². The number of amides is 1. The number of hydrogen-bond donors (Lipinski definition) is 2. The second-order valence-electron chi connectivity index (χ2n) is 9.23. The van der Waals surface area contributed by atoms with Crippen molar-refractivity contribution in [1.82, 2.24) is 5.32 Å². The molecular weight excluding hydrogens is 450 g/mol. The monoisotopic (exact) mass is 485 g/mol. The van der Waals surface area contributed by atoms with E-state index < -0.39 is 5.92 Å². The summed E-state index contributed by atoms with van der Waals surface area (Å²) in [4.78, 5) is 18.3. The quantitative estimate of drug-likeness (QED) is 0.323. The molecule has 1 aliphatic rings. The van der Waals surface area contributed by atoms with Crippen molar-refractivity contribution in [2.45, 2.75) is 40.2 Å². The number of benzene rings is 3. The average molecular weight is 486 g/mol. The van der Waals surface area contributed by atoms with Gasteiger partial charge in [-0.05, 0) is 61.2 Å². The van der Waals surface area contributed by atoms with Crippen LogP contribution in [0.15, 0.2) is 71.7 Å². The van der Waals surface area contributed by atoms with Crippen LogP contribution in [0.4, 0.5) is 11.4 Å². The Morgan fingerprint density at radius 3 is 2.28 bits per heavy atom. The SMILES string of the molecule is CCOc1cc2c(cc1OCC)C(C(=Nc1ccc(CNCC(C)C)cc1)c1ccccc1)C(=O)N2. The fraction of sp³-hybridized carbons (Fsp3) is 0.333. The zero-order valence-electron chi connectivity index (χ0n) is 21.5. The number of carbonyl (C=O) groups excluding carboxylic acids is 1. The van der Waals surface area contributed by atoms with Gasteiger partial charge in [-0.2, -0.15) is 0 Å². The molecule has 0 aromatic heterocycles. The molecule has 4 rings (SSSR count). The highest BCUT2D eigenvalue weighted by Crippen LogP contribution is 2.43.